The first-order valence-corrected chi connectivity index (χ1v) is 10.6. The standard InChI is InChI=1S/C20H25NO5S/c1-5-6-10-21-16-11-15(20(22)23)12-18(27(4,24)25)19(16)26-17-9-7-8-13(2)14(17)3/h7-9,11-12,21H,5-6,10H2,1-4H3,(H,22,23). The minimum atomic E-state index is -3.71. The lowest BCUT2D eigenvalue weighted by Gasteiger charge is -2.18. The third kappa shape index (κ3) is 5.01. The zero-order valence-corrected chi connectivity index (χ0v) is 16.8. The highest BCUT2D eigenvalue weighted by Crippen LogP contribution is 2.39. The average Bonchev–Trinajstić information content (AvgIpc) is 2.58. The van der Waals surface area contributed by atoms with E-state index in [4.69, 9.17) is 4.74 Å². The van der Waals surface area contributed by atoms with Gasteiger partial charge in [-0.3, -0.25) is 0 Å². The normalized spacial score (nSPS) is 11.3. The van der Waals surface area contributed by atoms with Crippen LogP contribution in [0.4, 0.5) is 5.69 Å². The van der Waals surface area contributed by atoms with Crippen molar-refractivity contribution in [2.45, 2.75) is 38.5 Å². The number of anilines is 1. The third-order valence-corrected chi connectivity index (χ3v) is 5.42. The van der Waals surface area contributed by atoms with Crippen molar-refractivity contribution in [1.82, 2.24) is 0 Å². The van der Waals surface area contributed by atoms with E-state index in [2.05, 4.69) is 5.32 Å². The van der Waals surface area contributed by atoms with Crippen molar-refractivity contribution in [3.8, 4) is 11.5 Å². The minimum Gasteiger partial charge on any atom is -0.478 e. The van der Waals surface area contributed by atoms with Crippen molar-refractivity contribution in [1.29, 1.82) is 0 Å². The van der Waals surface area contributed by atoms with E-state index in [-0.39, 0.29) is 16.2 Å². The summed E-state index contributed by atoms with van der Waals surface area (Å²) in [4.78, 5) is 11.3. The molecule has 0 saturated heterocycles. The molecule has 27 heavy (non-hydrogen) atoms. The smallest absolute Gasteiger partial charge is 0.335 e. The Balaban J connectivity index is 2.66. The van der Waals surface area contributed by atoms with Gasteiger partial charge >= 0.3 is 5.97 Å². The molecule has 0 aliphatic carbocycles. The van der Waals surface area contributed by atoms with Crippen LogP contribution in [-0.4, -0.2) is 32.3 Å². The molecule has 0 radical (unpaired) electrons. The largest absolute Gasteiger partial charge is 0.478 e. The molecule has 0 aliphatic rings. The predicted molar refractivity (Wildman–Crippen MR) is 106 cm³/mol. The molecule has 0 aromatic heterocycles. The molecule has 0 amide bonds. The lowest BCUT2D eigenvalue weighted by molar-refractivity contribution is 0.0696. The Hall–Kier alpha value is -2.54. The molecule has 2 rings (SSSR count). The first kappa shape index (κ1) is 20.8. The van der Waals surface area contributed by atoms with Gasteiger partial charge in [-0.1, -0.05) is 25.5 Å². The van der Waals surface area contributed by atoms with Gasteiger partial charge in [0.2, 0.25) is 0 Å². The molecule has 0 atom stereocenters. The molecule has 2 N–H and O–H groups in total. The Labute approximate surface area is 160 Å². The van der Waals surface area contributed by atoms with Gasteiger partial charge in [0.25, 0.3) is 0 Å². The zero-order chi connectivity index (χ0) is 20.2. The Kier molecular flexibility index (Phi) is 6.49. The van der Waals surface area contributed by atoms with Crippen LogP contribution in [0.2, 0.25) is 0 Å². The van der Waals surface area contributed by atoms with Gasteiger partial charge < -0.3 is 15.2 Å². The molecule has 0 spiro atoms. The summed E-state index contributed by atoms with van der Waals surface area (Å²) in [7, 11) is -3.71. The highest BCUT2D eigenvalue weighted by molar-refractivity contribution is 7.90. The molecular formula is C20H25NO5S. The number of hydrogen-bond donors (Lipinski definition) is 2. The monoisotopic (exact) mass is 391 g/mol. The summed E-state index contributed by atoms with van der Waals surface area (Å²) in [6.07, 6.45) is 2.84. The fourth-order valence-electron chi connectivity index (χ4n) is 2.58. The van der Waals surface area contributed by atoms with E-state index < -0.39 is 15.8 Å². The summed E-state index contributed by atoms with van der Waals surface area (Å²) in [5, 5.41) is 12.5. The number of aromatic carboxylic acids is 1. The summed E-state index contributed by atoms with van der Waals surface area (Å²) in [6.45, 7) is 6.44. The molecule has 7 heteroatoms. The molecule has 6 nitrogen and oxygen atoms in total. The number of ether oxygens (including phenoxy) is 1. The van der Waals surface area contributed by atoms with Gasteiger partial charge in [-0.25, -0.2) is 13.2 Å². The van der Waals surface area contributed by atoms with Crippen LogP contribution in [0.3, 0.4) is 0 Å². The van der Waals surface area contributed by atoms with E-state index in [1.165, 1.54) is 6.07 Å². The molecule has 0 saturated carbocycles. The van der Waals surface area contributed by atoms with E-state index in [0.29, 0.717) is 18.0 Å². The number of aryl methyl sites for hydroxylation is 1. The van der Waals surface area contributed by atoms with Crippen LogP contribution in [0.15, 0.2) is 35.2 Å². The number of unbranched alkanes of at least 4 members (excludes halogenated alkanes) is 1. The summed E-state index contributed by atoms with van der Waals surface area (Å²) in [6, 6.07) is 8.08. The van der Waals surface area contributed by atoms with E-state index in [0.717, 1.165) is 36.3 Å². The topological polar surface area (TPSA) is 92.7 Å². The predicted octanol–water partition coefficient (Wildman–Crippen LogP) is 4.41. The van der Waals surface area contributed by atoms with Gasteiger partial charge in [0.15, 0.2) is 15.6 Å². The highest BCUT2D eigenvalue weighted by Gasteiger charge is 2.23. The van der Waals surface area contributed by atoms with Crippen LogP contribution < -0.4 is 10.1 Å². The number of nitrogens with one attached hydrogen (secondary N) is 1. The second kappa shape index (κ2) is 8.43. The lowest BCUT2D eigenvalue weighted by Crippen LogP contribution is -2.10. The summed E-state index contributed by atoms with van der Waals surface area (Å²) < 4.78 is 30.7. The molecule has 0 bridgehead atoms. The molecule has 146 valence electrons. The van der Waals surface area contributed by atoms with Crippen LogP contribution >= 0.6 is 0 Å². The Morgan fingerprint density at radius 2 is 1.93 bits per heavy atom. The second-order valence-electron chi connectivity index (χ2n) is 6.51. The fourth-order valence-corrected chi connectivity index (χ4v) is 3.41. The van der Waals surface area contributed by atoms with Gasteiger partial charge in [0.05, 0.1) is 11.3 Å². The van der Waals surface area contributed by atoms with Crippen LogP contribution in [0.25, 0.3) is 0 Å². The Morgan fingerprint density at radius 1 is 1.22 bits per heavy atom. The number of carboxylic acids is 1. The molecule has 0 unspecified atom stereocenters. The number of carbonyl (C=O) groups is 1. The van der Waals surface area contributed by atoms with E-state index in [1.54, 1.807) is 6.07 Å². The average molecular weight is 391 g/mol. The van der Waals surface area contributed by atoms with Crippen molar-refractivity contribution >= 4 is 21.5 Å². The van der Waals surface area contributed by atoms with Crippen molar-refractivity contribution in [3.05, 3.63) is 47.0 Å². The van der Waals surface area contributed by atoms with Crippen molar-refractivity contribution < 1.29 is 23.1 Å². The molecule has 0 aliphatic heterocycles. The van der Waals surface area contributed by atoms with Crippen LogP contribution in [-0.2, 0) is 9.84 Å². The van der Waals surface area contributed by atoms with Crippen LogP contribution in [0.5, 0.6) is 11.5 Å². The SMILES string of the molecule is CCCCNc1cc(C(=O)O)cc(S(C)(=O)=O)c1Oc1cccc(C)c1C. The number of benzene rings is 2. The fraction of sp³-hybridized carbons (Fsp3) is 0.350. The Morgan fingerprint density at radius 3 is 2.52 bits per heavy atom. The van der Waals surface area contributed by atoms with Gasteiger partial charge in [-0.2, -0.15) is 0 Å². The van der Waals surface area contributed by atoms with Crippen molar-refractivity contribution in [2.75, 3.05) is 18.1 Å². The maximum atomic E-state index is 12.4. The highest BCUT2D eigenvalue weighted by atomic mass is 32.2. The number of rotatable bonds is 8. The first-order chi connectivity index (χ1) is 12.6. The van der Waals surface area contributed by atoms with E-state index >= 15 is 0 Å². The van der Waals surface area contributed by atoms with Crippen LogP contribution in [0.1, 0.15) is 41.3 Å². The molecule has 0 heterocycles. The minimum absolute atomic E-state index is 0.109. The third-order valence-electron chi connectivity index (χ3n) is 4.31. The second-order valence-corrected chi connectivity index (χ2v) is 8.49. The Bertz CT molecular complexity index is 951. The summed E-state index contributed by atoms with van der Waals surface area (Å²) >= 11 is 0. The quantitative estimate of drug-likeness (QED) is 0.648. The molecule has 2 aromatic rings. The number of hydrogen-bond acceptors (Lipinski definition) is 5. The summed E-state index contributed by atoms with van der Waals surface area (Å²) in [5.41, 5.74) is 2.14. The number of sulfone groups is 1. The van der Waals surface area contributed by atoms with Gasteiger partial charge in [0, 0.05) is 12.8 Å². The maximum Gasteiger partial charge on any atom is 0.335 e. The van der Waals surface area contributed by atoms with Crippen LogP contribution in [0, 0.1) is 13.8 Å². The zero-order valence-electron chi connectivity index (χ0n) is 16.0. The number of carboxylic acid groups (broad SMARTS) is 1. The first-order valence-electron chi connectivity index (χ1n) is 8.74. The van der Waals surface area contributed by atoms with Gasteiger partial charge in [-0.15, -0.1) is 0 Å². The lowest BCUT2D eigenvalue weighted by atomic mass is 10.1. The van der Waals surface area contributed by atoms with E-state index in [1.807, 2.05) is 32.9 Å². The molecular weight excluding hydrogens is 366 g/mol. The molecule has 0 fully saturated rings. The van der Waals surface area contributed by atoms with Crippen molar-refractivity contribution in [3.63, 3.8) is 0 Å². The van der Waals surface area contributed by atoms with Gasteiger partial charge in [0.1, 0.15) is 10.6 Å². The van der Waals surface area contributed by atoms with E-state index in [9.17, 15) is 18.3 Å². The molecule has 2 aromatic carbocycles. The maximum absolute atomic E-state index is 12.4. The van der Waals surface area contributed by atoms with Gasteiger partial charge in [-0.05, 0) is 49.6 Å². The van der Waals surface area contributed by atoms with Crippen molar-refractivity contribution in [2.24, 2.45) is 0 Å². The summed E-state index contributed by atoms with van der Waals surface area (Å²) in [5.74, 6) is -0.550.